The SMILES string of the molecule is Cc1nc(N2CC(NC(=O)Nc3cccc(Cl)c3Cl)C2)ccc1C(F)(F)F. The van der Waals surface area contributed by atoms with E-state index in [1.54, 1.807) is 23.1 Å². The van der Waals surface area contributed by atoms with E-state index in [1.807, 2.05) is 0 Å². The molecule has 1 saturated heterocycles. The van der Waals surface area contributed by atoms with Crippen molar-refractivity contribution >= 4 is 40.7 Å². The Morgan fingerprint density at radius 1 is 1.22 bits per heavy atom. The Kier molecular flexibility index (Phi) is 5.39. The average Bonchev–Trinajstić information content (AvgIpc) is 2.53. The van der Waals surface area contributed by atoms with E-state index >= 15 is 0 Å². The molecule has 0 atom stereocenters. The molecule has 0 saturated carbocycles. The first kappa shape index (κ1) is 19.6. The number of aromatic nitrogens is 1. The van der Waals surface area contributed by atoms with Crippen molar-refractivity contribution in [2.75, 3.05) is 23.3 Å². The number of nitrogens with zero attached hydrogens (tertiary/aromatic N) is 2. The van der Waals surface area contributed by atoms with Crippen LogP contribution in [0.5, 0.6) is 0 Å². The van der Waals surface area contributed by atoms with Crippen LogP contribution >= 0.6 is 23.2 Å². The Labute approximate surface area is 163 Å². The number of hydrogen-bond donors (Lipinski definition) is 2. The molecule has 1 aromatic carbocycles. The highest BCUT2D eigenvalue weighted by molar-refractivity contribution is 6.43. The predicted octanol–water partition coefficient (Wildman–Crippen LogP) is 4.73. The number of halogens is 5. The number of nitrogens with one attached hydrogen (secondary N) is 2. The number of anilines is 2. The van der Waals surface area contributed by atoms with Gasteiger partial charge in [-0.15, -0.1) is 0 Å². The van der Waals surface area contributed by atoms with Crippen LogP contribution in [-0.4, -0.2) is 30.1 Å². The number of amides is 2. The largest absolute Gasteiger partial charge is 0.418 e. The lowest BCUT2D eigenvalue weighted by Crippen LogP contribution is -2.60. The molecule has 0 radical (unpaired) electrons. The Morgan fingerprint density at radius 2 is 1.93 bits per heavy atom. The minimum Gasteiger partial charge on any atom is -0.352 e. The molecule has 0 spiro atoms. The molecular weight excluding hydrogens is 404 g/mol. The van der Waals surface area contributed by atoms with Crippen LogP contribution in [0.2, 0.25) is 10.0 Å². The number of aryl methyl sites for hydroxylation is 1. The second-order valence-electron chi connectivity index (χ2n) is 6.10. The van der Waals surface area contributed by atoms with Gasteiger partial charge < -0.3 is 15.5 Å². The minimum atomic E-state index is -4.42. The highest BCUT2D eigenvalue weighted by atomic mass is 35.5. The number of carbonyl (C=O) groups excluding carboxylic acids is 1. The topological polar surface area (TPSA) is 57.3 Å². The molecule has 2 N–H and O–H groups in total. The lowest BCUT2D eigenvalue weighted by atomic mass is 10.1. The standard InChI is InChI=1S/C17H15Cl2F3N4O/c1-9-11(17(20,21)22)5-6-14(23-9)26-7-10(8-26)24-16(27)25-13-4-2-3-12(18)15(13)19/h2-6,10H,7-8H2,1H3,(H2,24,25,27). The lowest BCUT2D eigenvalue weighted by Gasteiger charge is -2.40. The number of hydrogen-bond acceptors (Lipinski definition) is 3. The molecule has 3 rings (SSSR count). The molecule has 2 amide bonds. The Balaban J connectivity index is 1.55. The Bertz CT molecular complexity index is 870. The summed E-state index contributed by atoms with van der Waals surface area (Å²) in [6.45, 7) is 2.20. The molecule has 27 heavy (non-hydrogen) atoms. The van der Waals surface area contributed by atoms with E-state index in [1.165, 1.54) is 13.0 Å². The number of pyridine rings is 1. The van der Waals surface area contributed by atoms with Crippen LogP contribution < -0.4 is 15.5 Å². The number of alkyl halides is 3. The summed E-state index contributed by atoms with van der Waals surface area (Å²) < 4.78 is 38.4. The summed E-state index contributed by atoms with van der Waals surface area (Å²) in [5, 5.41) is 5.94. The van der Waals surface area contributed by atoms with Gasteiger partial charge >= 0.3 is 12.2 Å². The zero-order valence-electron chi connectivity index (χ0n) is 14.1. The van der Waals surface area contributed by atoms with E-state index < -0.39 is 17.8 Å². The predicted molar refractivity (Wildman–Crippen MR) is 98.6 cm³/mol. The highest BCUT2D eigenvalue weighted by Gasteiger charge is 2.34. The van der Waals surface area contributed by atoms with E-state index in [4.69, 9.17) is 23.2 Å². The van der Waals surface area contributed by atoms with Gasteiger partial charge in [0.25, 0.3) is 0 Å². The van der Waals surface area contributed by atoms with Crippen molar-refractivity contribution in [2.45, 2.75) is 19.1 Å². The third-order valence-corrected chi connectivity index (χ3v) is 4.94. The maximum Gasteiger partial charge on any atom is 0.418 e. The number of carbonyl (C=O) groups is 1. The molecule has 1 aromatic heterocycles. The van der Waals surface area contributed by atoms with Crippen molar-refractivity contribution in [3.05, 3.63) is 51.6 Å². The molecule has 5 nitrogen and oxygen atoms in total. The minimum absolute atomic E-state index is 0.0789. The fourth-order valence-corrected chi connectivity index (χ4v) is 3.07. The highest BCUT2D eigenvalue weighted by Crippen LogP contribution is 2.33. The van der Waals surface area contributed by atoms with Crippen LogP contribution in [0.1, 0.15) is 11.3 Å². The maximum atomic E-state index is 12.8. The molecule has 0 bridgehead atoms. The first-order valence-electron chi connectivity index (χ1n) is 7.96. The van der Waals surface area contributed by atoms with E-state index in [0.29, 0.717) is 29.6 Å². The van der Waals surface area contributed by atoms with Crippen LogP contribution in [0.15, 0.2) is 30.3 Å². The van der Waals surface area contributed by atoms with Gasteiger partial charge in [-0.1, -0.05) is 29.3 Å². The first-order chi connectivity index (χ1) is 12.6. The van der Waals surface area contributed by atoms with E-state index in [2.05, 4.69) is 15.6 Å². The molecule has 1 aliphatic heterocycles. The van der Waals surface area contributed by atoms with Crippen LogP contribution in [0.4, 0.5) is 29.5 Å². The average molecular weight is 419 g/mol. The summed E-state index contributed by atoms with van der Waals surface area (Å²) >= 11 is 11.9. The van der Waals surface area contributed by atoms with Gasteiger partial charge in [-0.3, -0.25) is 0 Å². The third kappa shape index (κ3) is 4.39. The summed E-state index contributed by atoms with van der Waals surface area (Å²) in [7, 11) is 0. The fourth-order valence-electron chi connectivity index (χ4n) is 2.72. The fraction of sp³-hybridized carbons (Fsp3) is 0.294. The summed E-state index contributed by atoms with van der Waals surface area (Å²) in [6, 6.07) is 6.64. The monoisotopic (exact) mass is 418 g/mol. The van der Waals surface area contributed by atoms with Crippen molar-refractivity contribution in [1.29, 1.82) is 0 Å². The van der Waals surface area contributed by atoms with E-state index in [0.717, 1.165) is 6.07 Å². The van der Waals surface area contributed by atoms with Crippen molar-refractivity contribution in [1.82, 2.24) is 10.3 Å². The normalized spacial score (nSPS) is 14.7. The van der Waals surface area contributed by atoms with Crippen molar-refractivity contribution < 1.29 is 18.0 Å². The van der Waals surface area contributed by atoms with Crippen LogP contribution in [0, 0.1) is 6.92 Å². The maximum absolute atomic E-state index is 12.8. The molecule has 0 aliphatic carbocycles. The third-order valence-electron chi connectivity index (χ3n) is 4.12. The molecular formula is C17H15Cl2F3N4O. The smallest absolute Gasteiger partial charge is 0.352 e. The number of benzene rings is 1. The quantitative estimate of drug-likeness (QED) is 0.757. The van der Waals surface area contributed by atoms with Gasteiger partial charge in [0, 0.05) is 13.1 Å². The van der Waals surface area contributed by atoms with Gasteiger partial charge in [0.2, 0.25) is 0 Å². The molecule has 1 fully saturated rings. The lowest BCUT2D eigenvalue weighted by molar-refractivity contribution is -0.138. The van der Waals surface area contributed by atoms with Gasteiger partial charge in [0.1, 0.15) is 5.82 Å². The van der Waals surface area contributed by atoms with E-state index in [-0.39, 0.29) is 16.8 Å². The van der Waals surface area contributed by atoms with Crippen LogP contribution in [-0.2, 0) is 6.18 Å². The van der Waals surface area contributed by atoms with Gasteiger partial charge in [-0.2, -0.15) is 13.2 Å². The molecule has 10 heteroatoms. The second-order valence-corrected chi connectivity index (χ2v) is 6.89. The van der Waals surface area contributed by atoms with E-state index in [9.17, 15) is 18.0 Å². The zero-order chi connectivity index (χ0) is 19.8. The van der Waals surface area contributed by atoms with Crippen molar-refractivity contribution in [3.63, 3.8) is 0 Å². The Hall–Kier alpha value is -2.19. The van der Waals surface area contributed by atoms with Gasteiger partial charge in [0.15, 0.2) is 0 Å². The number of rotatable bonds is 3. The molecule has 144 valence electrons. The zero-order valence-corrected chi connectivity index (χ0v) is 15.6. The van der Waals surface area contributed by atoms with Crippen LogP contribution in [0.3, 0.4) is 0 Å². The van der Waals surface area contributed by atoms with Gasteiger partial charge in [-0.05, 0) is 31.2 Å². The molecule has 2 heterocycles. The van der Waals surface area contributed by atoms with Crippen LogP contribution in [0.25, 0.3) is 0 Å². The van der Waals surface area contributed by atoms with Crippen molar-refractivity contribution in [2.24, 2.45) is 0 Å². The van der Waals surface area contributed by atoms with Gasteiger partial charge in [-0.25, -0.2) is 9.78 Å². The Morgan fingerprint density at radius 3 is 2.56 bits per heavy atom. The summed E-state index contributed by atoms with van der Waals surface area (Å²) in [4.78, 5) is 17.8. The van der Waals surface area contributed by atoms with Crippen molar-refractivity contribution in [3.8, 4) is 0 Å². The second kappa shape index (κ2) is 7.44. The molecule has 1 aliphatic rings. The summed E-state index contributed by atoms with van der Waals surface area (Å²) in [5.74, 6) is 0.442. The first-order valence-corrected chi connectivity index (χ1v) is 8.72. The molecule has 2 aromatic rings. The summed E-state index contributed by atoms with van der Waals surface area (Å²) in [6.07, 6.45) is -4.42. The number of urea groups is 1. The summed E-state index contributed by atoms with van der Waals surface area (Å²) in [5.41, 5.74) is -0.443. The molecule has 0 unspecified atom stereocenters. The van der Waals surface area contributed by atoms with Gasteiger partial charge in [0.05, 0.1) is 33.0 Å².